The number of hydrogen-bond donors (Lipinski definition) is 2. The minimum Gasteiger partial charge on any atom is -0.633 e. The summed E-state index contributed by atoms with van der Waals surface area (Å²) in [6, 6.07) is 18.1. The summed E-state index contributed by atoms with van der Waals surface area (Å²) in [5.74, 6) is 2.76. The summed E-state index contributed by atoms with van der Waals surface area (Å²) in [5, 5.41) is 35.5. The van der Waals surface area contributed by atoms with E-state index in [4.69, 9.17) is 19.2 Å². The van der Waals surface area contributed by atoms with Gasteiger partial charge in [-0.3, -0.25) is 4.99 Å². The summed E-state index contributed by atoms with van der Waals surface area (Å²) in [6.07, 6.45) is 2.29. The lowest BCUT2D eigenvalue weighted by atomic mass is 9.86. The van der Waals surface area contributed by atoms with Gasteiger partial charge in [0.1, 0.15) is 11.8 Å². The Balaban J connectivity index is 1.34. The zero-order chi connectivity index (χ0) is 27.9. The molecule has 0 amide bonds. The third-order valence-electron chi connectivity index (χ3n) is 8.72. The largest absolute Gasteiger partial charge is 0.633 e. The van der Waals surface area contributed by atoms with Crippen LogP contribution in [0.25, 0.3) is 0 Å². The molecule has 0 aromatic heterocycles. The van der Waals surface area contributed by atoms with Crippen molar-refractivity contribution >= 4 is 5.71 Å². The van der Waals surface area contributed by atoms with Gasteiger partial charge in [-0.2, -0.15) is 0 Å². The van der Waals surface area contributed by atoms with Crippen LogP contribution in [-0.2, 0) is 25.7 Å². The van der Waals surface area contributed by atoms with Crippen LogP contribution < -0.4 is 14.2 Å². The maximum atomic E-state index is 13.9. The number of aliphatic imine (C=N–C) groups is 1. The van der Waals surface area contributed by atoms with E-state index < -0.39 is 10.7 Å². The van der Waals surface area contributed by atoms with Crippen LogP contribution in [0.5, 0.6) is 46.0 Å². The molecule has 0 saturated carbocycles. The van der Waals surface area contributed by atoms with Crippen molar-refractivity contribution in [3.05, 3.63) is 99.3 Å². The Morgan fingerprint density at radius 1 is 0.805 bits per heavy atom. The number of benzene rings is 4. The Morgan fingerprint density at radius 2 is 1.59 bits per heavy atom. The molecule has 0 fully saturated rings. The van der Waals surface area contributed by atoms with Gasteiger partial charge >= 0.3 is 0 Å². The Hall–Kier alpha value is -4.53. The van der Waals surface area contributed by atoms with Crippen molar-refractivity contribution in [2.75, 3.05) is 20.1 Å². The minimum atomic E-state index is -0.473. The molecule has 0 radical (unpaired) electrons. The fraction of sp³-hybridized carbons (Fsp3) is 0.242. The van der Waals surface area contributed by atoms with Crippen LogP contribution in [0, 0.1) is 5.21 Å². The molecule has 0 unspecified atom stereocenters. The van der Waals surface area contributed by atoms with E-state index in [-0.39, 0.29) is 17.2 Å². The van der Waals surface area contributed by atoms with Gasteiger partial charge in [-0.1, -0.05) is 18.2 Å². The molecule has 5 heterocycles. The van der Waals surface area contributed by atoms with E-state index >= 15 is 0 Å². The molecule has 5 aliphatic rings. The molecule has 7 bridgehead atoms. The number of quaternary nitrogens is 1. The van der Waals surface area contributed by atoms with Crippen molar-refractivity contribution in [2.45, 2.75) is 31.7 Å². The van der Waals surface area contributed by atoms with Crippen LogP contribution >= 0.6 is 0 Å². The van der Waals surface area contributed by atoms with Crippen LogP contribution in [0.15, 0.2) is 65.7 Å². The maximum absolute atomic E-state index is 13.9. The molecule has 4 aromatic rings. The van der Waals surface area contributed by atoms with E-state index in [0.29, 0.717) is 61.1 Å². The average molecular weight is 549 g/mol. The number of rotatable bonds is 0. The predicted molar refractivity (Wildman–Crippen MR) is 153 cm³/mol. The van der Waals surface area contributed by atoms with Gasteiger partial charge in [0, 0.05) is 37.1 Å². The molecule has 4 aromatic carbocycles. The molecule has 41 heavy (non-hydrogen) atoms. The predicted octanol–water partition coefficient (Wildman–Crippen LogP) is 6.47. The monoisotopic (exact) mass is 548 g/mol. The van der Waals surface area contributed by atoms with Crippen LogP contribution in [0.2, 0.25) is 0 Å². The van der Waals surface area contributed by atoms with Crippen molar-refractivity contribution in [3.63, 3.8) is 0 Å². The van der Waals surface area contributed by atoms with Gasteiger partial charge in [-0.15, -0.1) is 0 Å². The molecule has 0 aliphatic carbocycles. The number of aromatic hydroxyl groups is 2. The van der Waals surface area contributed by atoms with Gasteiger partial charge in [0.25, 0.3) is 0 Å². The molecule has 2 N–H and O–H groups in total. The molecule has 2 atom stereocenters. The molecule has 206 valence electrons. The highest BCUT2D eigenvalue weighted by Gasteiger charge is 2.40. The number of ether oxygens (including phenoxy) is 3. The number of phenolic OH excluding ortho intramolecular Hbond substituents is 2. The quantitative estimate of drug-likeness (QED) is 0.170. The Bertz CT molecular complexity index is 1780. The molecule has 9 rings (SSSR count). The summed E-state index contributed by atoms with van der Waals surface area (Å²) in [6.45, 7) is 1.03. The van der Waals surface area contributed by atoms with Crippen LogP contribution in [0.1, 0.15) is 39.4 Å². The third kappa shape index (κ3) is 3.94. The van der Waals surface area contributed by atoms with E-state index in [0.717, 1.165) is 45.5 Å². The first kappa shape index (κ1) is 24.3. The Labute approximate surface area is 236 Å². The number of fused-ring (bicyclic) bond motifs is 2. The van der Waals surface area contributed by atoms with E-state index in [2.05, 4.69) is 0 Å². The lowest BCUT2D eigenvalue weighted by molar-refractivity contribution is -0.894. The highest BCUT2D eigenvalue weighted by atomic mass is 16.6. The molecule has 0 spiro atoms. The Morgan fingerprint density at radius 3 is 2.44 bits per heavy atom. The second-order valence-electron chi connectivity index (χ2n) is 11.5. The van der Waals surface area contributed by atoms with E-state index in [1.54, 1.807) is 19.2 Å². The summed E-state index contributed by atoms with van der Waals surface area (Å²) >= 11 is 0. The molecule has 0 saturated heterocycles. The second-order valence-corrected chi connectivity index (χ2v) is 11.5. The van der Waals surface area contributed by atoms with Gasteiger partial charge in [0.05, 0.1) is 19.2 Å². The first-order valence-electron chi connectivity index (χ1n) is 13.9. The minimum absolute atomic E-state index is 0.0110. The first-order valence-corrected chi connectivity index (χ1v) is 13.9. The number of hydrogen-bond acceptors (Lipinski definition) is 7. The van der Waals surface area contributed by atoms with Gasteiger partial charge in [0.2, 0.25) is 5.75 Å². The van der Waals surface area contributed by atoms with Crippen molar-refractivity contribution in [1.29, 1.82) is 0 Å². The summed E-state index contributed by atoms with van der Waals surface area (Å²) < 4.78 is 18.5. The second kappa shape index (κ2) is 8.73. The van der Waals surface area contributed by atoms with E-state index in [1.165, 1.54) is 0 Å². The van der Waals surface area contributed by atoms with E-state index in [1.807, 2.05) is 48.5 Å². The highest BCUT2D eigenvalue weighted by molar-refractivity contribution is 6.04. The number of hydroxylamine groups is 3. The summed E-state index contributed by atoms with van der Waals surface area (Å²) in [4.78, 5) is 4.85. The lowest BCUT2D eigenvalue weighted by Gasteiger charge is -2.49. The van der Waals surface area contributed by atoms with Crippen molar-refractivity contribution in [3.8, 4) is 46.0 Å². The summed E-state index contributed by atoms with van der Waals surface area (Å²) in [5.41, 5.74) is 6.56. The average Bonchev–Trinajstić information content (AvgIpc) is 2.95. The molecule has 8 nitrogen and oxygen atoms in total. The van der Waals surface area contributed by atoms with Crippen molar-refractivity contribution < 1.29 is 29.1 Å². The van der Waals surface area contributed by atoms with Crippen molar-refractivity contribution in [2.24, 2.45) is 4.99 Å². The maximum Gasteiger partial charge on any atom is 0.212 e. The molecular weight excluding hydrogens is 520 g/mol. The smallest absolute Gasteiger partial charge is 0.212 e. The summed E-state index contributed by atoms with van der Waals surface area (Å²) in [7, 11) is 1.70. The van der Waals surface area contributed by atoms with Gasteiger partial charge in [0.15, 0.2) is 34.5 Å². The third-order valence-corrected chi connectivity index (χ3v) is 8.72. The van der Waals surface area contributed by atoms with Crippen LogP contribution in [-0.4, -0.2) is 40.7 Å². The Kier molecular flexibility index (Phi) is 5.17. The molecule has 5 aliphatic heterocycles. The number of likely N-dealkylation sites (N-methyl/N-ethyl adjacent to an activating group) is 1. The lowest BCUT2D eigenvalue weighted by Crippen LogP contribution is -2.47. The first-order chi connectivity index (χ1) is 19.8. The van der Waals surface area contributed by atoms with Crippen molar-refractivity contribution in [1.82, 2.24) is 0 Å². The normalized spacial score (nSPS) is 21.6. The van der Waals surface area contributed by atoms with Crippen LogP contribution in [0.4, 0.5) is 0 Å². The fourth-order valence-electron chi connectivity index (χ4n) is 6.52. The topological polar surface area (TPSA) is 104 Å². The standard InChI is InChI=1S/C33H28N2O6/c1-35(38)11-9-21-15-27(37)32-33-31(21)25(35)13-18-2-5-22(6-3-18)39-28-14-19(4-7-26(28)36)12-24-23-17-30(41-33)29(40-32)16-20(23)8-10-34-24/h2-7,14-17,25,36-37H,8-13H2,1H3/t25-,35+/m0/s1. The van der Waals surface area contributed by atoms with Gasteiger partial charge in [-0.05, 0) is 71.1 Å². The zero-order valence-electron chi connectivity index (χ0n) is 22.5. The number of nitrogens with zero attached hydrogens (tertiary/aromatic N) is 2. The highest BCUT2D eigenvalue weighted by Crippen LogP contribution is 2.56. The van der Waals surface area contributed by atoms with Gasteiger partial charge in [-0.25, -0.2) is 0 Å². The molecular formula is C33H28N2O6. The molecule has 8 heteroatoms. The number of phenols is 2. The SMILES string of the molecule is C[N@@+]1([O-])CCc2cc(O)c3c4c2[C@@H]1Cc1ccc(cc1)Oc1cc(ccc1O)CC1=NCCc2cc(c(cc21)O4)O3. The van der Waals surface area contributed by atoms with Crippen LogP contribution in [0.3, 0.4) is 0 Å². The zero-order valence-corrected chi connectivity index (χ0v) is 22.5. The van der Waals surface area contributed by atoms with E-state index in [9.17, 15) is 15.4 Å². The van der Waals surface area contributed by atoms with Gasteiger partial charge < -0.3 is 34.3 Å². The fourth-order valence-corrected chi connectivity index (χ4v) is 6.52.